The molecular formula is C13H20ClNOS. The average molecular weight is 274 g/mol. The molecule has 1 rings (SSSR count). The maximum Gasteiger partial charge on any atom is 0.220 e. The Labute approximate surface area is 112 Å². The Morgan fingerprint density at radius 3 is 3.00 bits per heavy atom. The molecule has 0 aliphatic carbocycles. The Bertz CT molecular complexity index is 313. The fourth-order valence-corrected chi connectivity index (χ4v) is 2.59. The van der Waals surface area contributed by atoms with Crippen LogP contribution in [-0.4, -0.2) is 17.8 Å². The van der Waals surface area contributed by atoms with Gasteiger partial charge in [-0.3, -0.25) is 4.79 Å². The Morgan fingerprint density at radius 1 is 1.53 bits per heavy atom. The zero-order valence-electron chi connectivity index (χ0n) is 10.2. The number of halogens is 1. The van der Waals surface area contributed by atoms with Gasteiger partial charge in [0.25, 0.3) is 0 Å². The lowest BCUT2D eigenvalue weighted by Gasteiger charge is -2.12. The van der Waals surface area contributed by atoms with Crippen LogP contribution in [0.15, 0.2) is 17.5 Å². The summed E-state index contributed by atoms with van der Waals surface area (Å²) >= 11 is 7.36. The van der Waals surface area contributed by atoms with Gasteiger partial charge in [0.2, 0.25) is 5.91 Å². The normalized spacial score (nSPS) is 12.4. The number of amides is 1. The molecule has 1 unspecified atom stereocenters. The van der Waals surface area contributed by atoms with Gasteiger partial charge in [0.1, 0.15) is 0 Å². The minimum atomic E-state index is 0.156. The van der Waals surface area contributed by atoms with E-state index in [1.54, 1.807) is 11.3 Å². The van der Waals surface area contributed by atoms with E-state index in [4.69, 9.17) is 11.6 Å². The van der Waals surface area contributed by atoms with Crippen LogP contribution in [0.25, 0.3) is 0 Å². The van der Waals surface area contributed by atoms with E-state index in [1.807, 2.05) is 13.0 Å². The van der Waals surface area contributed by atoms with Crippen LogP contribution >= 0.6 is 22.9 Å². The summed E-state index contributed by atoms with van der Waals surface area (Å²) in [6.07, 6.45) is 4.46. The highest BCUT2D eigenvalue weighted by Gasteiger charge is 2.06. The van der Waals surface area contributed by atoms with Crippen molar-refractivity contribution < 1.29 is 4.79 Å². The number of carbonyl (C=O) groups is 1. The summed E-state index contributed by atoms with van der Waals surface area (Å²) in [6.45, 7) is 2.03. The van der Waals surface area contributed by atoms with Crippen molar-refractivity contribution in [2.24, 2.45) is 0 Å². The quantitative estimate of drug-likeness (QED) is 0.721. The van der Waals surface area contributed by atoms with Gasteiger partial charge in [-0.05, 0) is 44.1 Å². The second-order valence-electron chi connectivity index (χ2n) is 4.23. The predicted octanol–water partition coefficient (Wildman–Crippen LogP) is 3.59. The molecule has 0 saturated carbocycles. The van der Waals surface area contributed by atoms with Crippen molar-refractivity contribution >= 4 is 28.8 Å². The number of aryl methyl sites for hydroxylation is 1. The summed E-state index contributed by atoms with van der Waals surface area (Å²) < 4.78 is 0. The second-order valence-corrected chi connectivity index (χ2v) is 5.64. The van der Waals surface area contributed by atoms with Gasteiger partial charge >= 0.3 is 0 Å². The summed E-state index contributed by atoms with van der Waals surface area (Å²) in [5, 5.41) is 5.07. The summed E-state index contributed by atoms with van der Waals surface area (Å²) in [6, 6.07) is 4.41. The highest BCUT2D eigenvalue weighted by Crippen LogP contribution is 2.11. The molecule has 2 nitrogen and oxygen atoms in total. The van der Waals surface area contributed by atoms with Gasteiger partial charge in [0.15, 0.2) is 0 Å². The van der Waals surface area contributed by atoms with Crippen LogP contribution in [-0.2, 0) is 11.2 Å². The highest BCUT2D eigenvalue weighted by molar-refractivity contribution is 7.09. The third kappa shape index (κ3) is 6.69. The molecule has 1 atom stereocenters. The van der Waals surface area contributed by atoms with E-state index >= 15 is 0 Å². The van der Waals surface area contributed by atoms with Crippen molar-refractivity contribution in [1.82, 2.24) is 5.32 Å². The van der Waals surface area contributed by atoms with Crippen molar-refractivity contribution in [3.63, 3.8) is 0 Å². The van der Waals surface area contributed by atoms with Crippen LogP contribution in [0.1, 0.15) is 37.5 Å². The largest absolute Gasteiger partial charge is 0.354 e. The molecule has 1 aromatic heterocycles. The van der Waals surface area contributed by atoms with E-state index in [-0.39, 0.29) is 11.9 Å². The van der Waals surface area contributed by atoms with Crippen molar-refractivity contribution in [3.05, 3.63) is 22.4 Å². The first-order valence-electron chi connectivity index (χ1n) is 6.10. The first kappa shape index (κ1) is 14.5. The van der Waals surface area contributed by atoms with Gasteiger partial charge in [-0.1, -0.05) is 6.07 Å². The summed E-state index contributed by atoms with van der Waals surface area (Å²) in [7, 11) is 0. The molecule has 1 heterocycles. The number of carbonyl (C=O) groups excluding carboxylic acids is 1. The molecule has 1 aromatic rings. The fourth-order valence-electron chi connectivity index (χ4n) is 1.68. The Balaban J connectivity index is 2.08. The molecule has 0 fully saturated rings. The number of rotatable bonds is 8. The Morgan fingerprint density at radius 2 is 2.35 bits per heavy atom. The minimum Gasteiger partial charge on any atom is -0.354 e. The maximum absolute atomic E-state index is 11.6. The molecule has 96 valence electrons. The monoisotopic (exact) mass is 273 g/mol. The summed E-state index contributed by atoms with van der Waals surface area (Å²) in [4.78, 5) is 13.0. The van der Waals surface area contributed by atoms with E-state index in [0.717, 1.165) is 25.7 Å². The van der Waals surface area contributed by atoms with E-state index < -0.39 is 0 Å². The molecule has 0 aliphatic heterocycles. The molecular weight excluding hydrogens is 254 g/mol. The summed E-state index contributed by atoms with van der Waals surface area (Å²) in [5.41, 5.74) is 0. The minimum absolute atomic E-state index is 0.156. The third-order valence-corrected chi connectivity index (χ3v) is 3.79. The first-order valence-corrected chi connectivity index (χ1v) is 7.51. The number of alkyl halides is 1. The number of hydrogen-bond donors (Lipinski definition) is 1. The van der Waals surface area contributed by atoms with Gasteiger partial charge in [-0.15, -0.1) is 22.9 Å². The lowest BCUT2D eigenvalue weighted by molar-refractivity contribution is -0.121. The predicted molar refractivity (Wildman–Crippen MR) is 74.8 cm³/mol. The van der Waals surface area contributed by atoms with Gasteiger partial charge in [-0.25, -0.2) is 0 Å². The van der Waals surface area contributed by atoms with Crippen LogP contribution in [0.3, 0.4) is 0 Å². The van der Waals surface area contributed by atoms with Crippen molar-refractivity contribution in [3.8, 4) is 0 Å². The maximum atomic E-state index is 11.6. The molecule has 0 radical (unpaired) electrons. The lowest BCUT2D eigenvalue weighted by Crippen LogP contribution is -2.32. The van der Waals surface area contributed by atoms with E-state index in [0.29, 0.717) is 12.3 Å². The molecule has 17 heavy (non-hydrogen) atoms. The summed E-state index contributed by atoms with van der Waals surface area (Å²) in [5.74, 6) is 0.821. The van der Waals surface area contributed by atoms with E-state index in [9.17, 15) is 4.79 Å². The SMILES string of the molecule is CC(CCCCl)NC(=O)CCCc1cccs1. The Hall–Kier alpha value is -0.540. The van der Waals surface area contributed by atoms with Gasteiger partial charge in [-0.2, -0.15) is 0 Å². The smallest absolute Gasteiger partial charge is 0.220 e. The van der Waals surface area contributed by atoms with Crippen LogP contribution in [0.4, 0.5) is 0 Å². The van der Waals surface area contributed by atoms with Gasteiger partial charge in [0.05, 0.1) is 0 Å². The zero-order valence-corrected chi connectivity index (χ0v) is 11.8. The third-order valence-electron chi connectivity index (χ3n) is 2.59. The van der Waals surface area contributed by atoms with Crippen LogP contribution in [0.2, 0.25) is 0 Å². The van der Waals surface area contributed by atoms with Crippen molar-refractivity contribution in [2.45, 2.75) is 45.1 Å². The van der Waals surface area contributed by atoms with Crippen molar-refractivity contribution in [2.75, 3.05) is 5.88 Å². The number of nitrogens with one attached hydrogen (secondary N) is 1. The van der Waals surface area contributed by atoms with Crippen LogP contribution < -0.4 is 5.32 Å². The van der Waals surface area contributed by atoms with Crippen LogP contribution in [0.5, 0.6) is 0 Å². The second kappa shape index (κ2) is 8.54. The topological polar surface area (TPSA) is 29.1 Å². The first-order chi connectivity index (χ1) is 8.22. The van der Waals surface area contributed by atoms with E-state index in [2.05, 4.69) is 16.8 Å². The molecule has 0 aliphatic rings. The molecule has 4 heteroatoms. The zero-order chi connectivity index (χ0) is 12.5. The molecule has 0 bridgehead atoms. The Kier molecular flexibility index (Phi) is 7.29. The van der Waals surface area contributed by atoms with Gasteiger partial charge in [0, 0.05) is 23.2 Å². The fraction of sp³-hybridized carbons (Fsp3) is 0.615. The van der Waals surface area contributed by atoms with Crippen molar-refractivity contribution in [1.29, 1.82) is 0 Å². The molecule has 0 spiro atoms. The average Bonchev–Trinajstić information content (AvgIpc) is 2.79. The molecule has 1 amide bonds. The lowest BCUT2D eigenvalue weighted by atomic mass is 10.1. The standard InChI is InChI=1S/C13H20ClNOS/c1-11(5-3-9-14)15-13(16)8-2-6-12-7-4-10-17-12/h4,7,10-11H,2-3,5-6,8-9H2,1H3,(H,15,16). The number of thiophene rings is 1. The molecule has 0 saturated heterocycles. The highest BCUT2D eigenvalue weighted by atomic mass is 35.5. The number of hydrogen-bond acceptors (Lipinski definition) is 2. The van der Waals surface area contributed by atoms with E-state index in [1.165, 1.54) is 4.88 Å². The van der Waals surface area contributed by atoms with Gasteiger partial charge < -0.3 is 5.32 Å². The molecule has 1 N–H and O–H groups in total. The van der Waals surface area contributed by atoms with Crippen LogP contribution in [0, 0.1) is 0 Å². The molecule has 0 aromatic carbocycles.